The van der Waals surface area contributed by atoms with E-state index in [1.54, 1.807) is 0 Å². The number of hydrogen-bond acceptors (Lipinski definition) is 1. The third-order valence-electron chi connectivity index (χ3n) is 2.30. The van der Waals surface area contributed by atoms with Gasteiger partial charge in [-0.05, 0) is 42.3 Å². The molecule has 0 heterocycles. The zero-order valence-electron chi connectivity index (χ0n) is 9.11. The highest BCUT2D eigenvalue weighted by Gasteiger charge is 2.00. The van der Waals surface area contributed by atoms with Gasteiger partial charge in [0, 0.05) is 5.02 Å². The van der Waals surface area contributed by atoms with Crippen LogP contribution in [0.2, 0.25) is 5.02 Å². The number of hydrogen-bond donors (Lipinski definition) is 0. The highest BCUT2D eigenvalue weighted by Crippen LogP contribution is 2.25. The van der Waals surface area contributed by atoms with Crippen molar-refractivity contribution in [3.8, 4) is 16.9 Å². The van der Waals surface area contributed by atoms with Crippen LogP contribution in [-0.2, 0) is 0 Å². The van der Waals surface area contributed by atoms with Crippen molar-refractivity contribution in [2.24, 2.45) is 0 Å². The molecule has 0 radical (unpaired) electrons. The maximum atomic E-state index is 5.96. The van der Waals surface area contributed by atoms with E-state index in [1.165, 1.54) is 0 Å². The molecule has 0 bridgehead atoms. The molecular weight excluding hydrogens is 220 g/mol. The number of ether oxygens (including phenoxy) is 1. The molecule has 0 aromatic heterocycles. The lowest BCUT2D eigenvalue weighted by Crippen LogP contribution is -1.91. The lowest BCUT2D eigenvalue weighted by Gasteiger charge is -2.06. The van der Waals surface area contributed by atoms with Gasteiger partial charge in [-0.1, -0.05) is 35.9 Å². The van der Waals surface area contributed by atoms with Gasteiger partial charge in [0.2, 0.25) is 0 Å². The molecule has 82 valence electrons. The van der Waals surface area contributed by atoms with Crippen molar-refractivity contribution < 1.29 is 4.74 Å². The highest BCUT2D eigenvalue weighted by molar-refractivity contribution is 6.30. The van der Waals surface area contributed by atoms with Crippen LogP contribution in [0.1, 0.15) is 6.92 Å². The fraction of sp³-hybridized carbons (Fsp3) is 0.143. The second-order valence-electron chi connectivity index (χ2n) is 3.47. The van der Waals surface area contributed by atoms with Crippen molar-refractivity contribution in [2.45, 2.75) is 6.92 Å². The zero-order valence-corrected chi connectivity index (χ0v) is 9.87. The van der Waals surface area contributed by atoms with E-state index in [2.05, 4.69) is 0 Å². The van der Waals surface area contributed by atoms with Crippen molar-refractivity contribution >= 4 is 11.6 Å². The molecule has 0 fully saturated rings. The molecule has 0 aliphatic rings. The average Bonchev–Trinajstić information content (AvgIpc) is 2.30. The van der Waals surface area contributed by atoms with Gasteiger partial charge in [-0.25, -0.2) is 0 Å². The van der Waals surface area contributed by atoms with Crippen LogP contribution in [0.25, 0.3) is 11.1 Å². The highest BCUT2D eigenvalue weighted by atomic mass is 35.5. The smallest absolute Gasteiger partial charge is 0.119 e. The number of halogens is 1. The summed E-state index contributed by atoms with van der Waals surface area (Å²) < 4.78 is 5.47. The van der Waals surface area contributed by atoms with E-state index in [-0.39, 0.29) is 0 Å². The van der Waals surface area contributed by atoms with E-state index < -0.39 is 0 Å². The molecule has 0 N–H and O–H groups in total. The van der Waals surface area contributed by atoms with Crippen LogP contribution < -0.4 is 4.74 Å². The third-order valence-corrected chi connectivity index (χ3v) is 2.54. The van der Waals surface area contributed by atoms with E-state index in [0.29, 0.717) is 6.61 Å². The third kappa shape index (κ3) is 2.56. The topological polar surface area (TPSA) is 9.23 Å². The predicted molar refractivity (Wildman–Crippen MR) is 68.1 cm³/mol. The molecule has 0 amide bonds. The fourth-order valence-electron chi connectivity index (χ4n) is 1.60. The number of rotatable bonds is 3. The van der Waals surface area contributed by atoms with Gasteiger partial charge in [0.15, 0.2) is 0 Å². The van der Waals surface area contributed by atoms with Gasteiger partial charge in [0.1, 0.15) is 5.75 Å². The Labute approximate surface area is 101 Å². The van der Waals surface area contributed by atoms with Gasteiger partial charge in [-0.15, -0.1) is 0 Å². The monoisotopic (exact) mass is 232 g/mol. The van der Waals surface area contributed by atoms with Crippen LogP contribution in [-0.4, -0.2) is 6.61 Å². The SMILES string of the molecule is CCOc1cccc(-c2cccc(Cl)c2)c1. The minimum Gasteiger partial charge on any atom is -0.494 e. The Balaban J connectivity index is 2.36. The molecule has 0 aliphatic heterocycles. The minimum absolute atomic E-state index is 0.680. The molecule has 0 unspecified atom stereocenters. The summed E-state index contributed by atoms with van der Waals surface area (Å²) in [7, 11) is 0. The van der Waals surface area contributed by atoms with Crippen molar-refractivity contribution in [1.82, 2.24) is 0 Å². The van der Waals surface area contributed by atoms with E-state index in [4.69, 9.17) is 16.3 Å². The molecule has 0 atom stereocenters. The summed E-state index contributed by atoms with van der Waals surface area (Å²) >= 11 is 5.96. The maximum Gasteiger partial charge on any atom is 0.119 e. The maximum absolute atomic E-state index is 5.96. The summed E-state index contributed by atoms with van der Waals surface area (Å²) in [6.07, 6.45) is 0. The van der Waals surface area contributed by atoms with Crippen molar-refractivity contribution in [3.63, 3.8) is 0 Å². The van der Waals surface area contributed by atoms with Crippen LogP contribution in [0, 0.1) is 0 Å². The lowest BCUT2D eigenvalue weighted by atomic mass is 10.1. The summed E-state index contributed by atoms with van der Waals surface area (Å²) in [4.78, 5) is 0. The molecule has 1 nitrogen and oxygen atoms in total. The Morgan fingerprint density at radius 2 is 1.69 bits per heavy atom. The molecule has 2 rings (SSSR count). The van der Waals surface area contributed by atoms with E-state index in [9.17, 15) is 0 Å². The van der Waals surface area contributed by atoms with Crippen LogP contribution in [0.4, 0.5) is 0 Å². The van der Waals surface area contributed by atoms with E-state index >= 15 is 0 Å². The molecule has 0 aliphatic carbocycles. The molecule has 0 saturated carbocycles. The molecular formula is C14H13ClO. The number of benzene rings is 2. The van der Waals surface area contributed by atoms with Crippen LogP contribution in [0.5, 0.6) is 5.75 Å². The van der Waals surface area contributed by atoms with Crippen molar-refractivity contribution in [1.29, 1.82) is 0 Å². The Bertz CT molecular complexity index is 480. The van der Waals surface area contributed by atoms with Gasteiger partial charge < -0.3 is 4.74 Å². The molecule has 2 aromatic rings. The first-order valence-electron chi connectivity index (χ1n) is 5.28. The van der Waals surface area contributed by atoms with Gasteiger partial charge >= 0.3 is 0 Å². The Kier molecular flexibility index (Phi) is 3.47. The summed E-state index contributed by atoms with van der Waals surface area (Å²) in [6.45, 7) is 2.66. The van der Waals surface area contributed by atoms with E-state index in [0.717, 1.165) is 21.9 Å². The summed E-state index contributed by atoms with van der Waals surface area (Å²) in [5, 5.41) is 0.749. The fourth-order valence-corrected chi connectivity index (χ4v) is 1.79. The van der Waals surface area contributed by atoms with Crippen molar-refractivity contribution in [3.05, 3.63) is 53.6 Å². The summed E-state index contributed by atoms with van der Waals surface area (Å²) in [5.74, 6) is 0.889. The van der Waals surface area contributed by atoms with Gasteiger partial charge in [0.25, 0.3) is 0 Å². The van der Waals surface area contributed by atoms with Gasteiger partial charge in [-0.2, -0.15) is 0 Å². The normalized spacial score (nSPS) is 10.1. The molecule has 0 spiro atoms. The first-order chi connectivity index (χ1) is 7.79. The standard InChI is InChI=1S/C14H13ClO/c1-2-16-14-8-4-6-12(10-14)11-5-3-7-13(15)9-11/h3-10H,2H2,1H3. The molecule has 0 saturated heterocycles. The molecule has 2 aromatic carbocycles. The predicted octanol–water partition coefficient (Wildman–Crippen LogP) is 4.41. The zero-order chi connectivity index (χ0) is 11.4. The van der Waals surface area contributed by atoms with Gasteiger partial charge in [-0.3, -0.25) is 0 Å². The minimum atomic E-state index is 0.680. The van der Waals surface area contributed by atoms with Gasteiger partial charge in [0.05, 0.1) is 6.61 Å². The van der Waals surface area contributed by atoms with Crippen LogP contribution in [0.15, 0.2) is 48.5 Å². The largest absolute Gasteiger partial charge is 0.494 e. The lowest BCUT2D eigenvalue weighted by molar-refractivity contribution is 0.340. The van der Waals surface area contributed by atoms with Crippen molar-refractivity contribution in [2.75, 3.05) is 6.61 Å². The Morgan fingerprint density at radius 1 is 1.00 bits per heavy atom. The Hall–Kier alpha value is -1.47. The summed E-state index contributed by atoms with van der Waals surface area (Å²) in [5.41, 5.74) is 2.22. The first kappa shape index (κ1) is 11.0. The van der Waals surface area contributed by atoms with E-state index in [1.807, 2.05) is 55.5 Å². The quantitative estimate of drug-likeness (QED) is 0.762. The Morgan fingerprint density at radius 3 is 2.38 bits per heavy atom. The van der Waals surface area contributed by atoms with Crippen LogP contribution >= 0.6 is 11.6 Å². The first-order valence-corrected chi connectivity index (χ1v) is 5.66. The summed E-state index contributed by atoms with van der Waals surface area (Å²) in [6, 6.07) is 15.8. The second-order valence-corrected chi connectivity index (χ2v) is 3.91. The van der Waals surface area contributed by atoms with Crippen LogP contribution in [0.3, 0.4) is 0 Å². The second kappa shape index (κ2) is 5.04. The molecule has 16 heavy (non-hydrogen) atoms. The average molecular weight is 233 g/mol. The molecule has 2 heteroatoms.